The smallest absolute Gasteiger partial charge is 0.225 e. The molecule has 25 heavy (non-hydrogen) atoms. The van der Waals surface area contributed by atoms with Gasteiger partial charge in [-0.2, -0.15) is 0 Å². The van der Waals surface area contributed by atoms with Gasteiger partial charge < -0.3 is 20.7 Å². The first-order valence-electron chi connectivity index (χ1n) is 8.48. The van der Waals surface area contributed by atoms with Crippen LogP contribution in [0.5, 0.6) is 5.75 Å². The molecule has 1 fully saturated rings. The molecule has 0 radical (unpaired) electrons. The second kappa shape index (κ2) is 8.32. The minimum atomic E-state index is 0.401. The van der Waals surface area contributed by atoms with Crippen molar-refractivity contribution in [2.45, 2.75) is 12.8 Å². The van der Waals surface area contributed by atoms with E-state index in [-0.39, 0.29) is 0 Å². The number of hydrogen-bond acceptors (Lipinski definition) is 5. The van der Waals surface area contributed by atoms with Gasteiger partial charge in [0.1, 0.15) is 5.75 Å². The van der Waals surface area contributed by atoms with E-state index in [1.54, 1.807) is 19.5 Å². The number of hydrogen-bond donors (Lipinski definition) is 2. The second-order valence-electron chi connectivity index (χ2n) is 6.05. The molecular formula is C18H24N6O. The van der Waals surface area contributed by atoms with Crippen LogP contribution in [0, 0.1) is 5.92 Å². The Hall–Kier alpha value is -2.83. The quantitative estimate of drug-likeness (QED) is 0.640. The van der Waals surface area contributed by atoms with E-state index >= 15 is 0 Å². The highest BCUT2D eigenvalue weighted by Gasteiger charge is 2.21. The van der Waals surface area contributed by atoms with E-state index in [1.165, 1.54) is 0 Å². The van der Waals surface area contributed by atoms with Crippen molar-refractivity contribution in [2.75, 3.05) is 37.0 Å². The first-order chi connectivity index (χ1) is 12.3. The van der Waals surface area contributed by atoms with E-state index in [0.717, 1.165) is 43.3 Å². The lowest BCUT2D eigenvalue weighted by Crippen LogP contribution is -2.38. The van der Waals surface area contributed by atoms with Gasteiger partial charge in [-0.05, 0) is 37.0 Å². The van der Waals surface area contributed by atoms with Crippen molar-refractivity contribution in [2.24, 2.45) is 16.6 Å². The van der Waals surface area contributed by atoms with Gasteiger partial charge in [-0.1, -0.05) is 12.1 Å². The van der Waals surface area contributed by atoms with E-state index < -0.39 is 0 Å². The van der Waals surface area contributed by atoms with Crippen LogP contribution in [-0.4, -0.2) is 42.7 Å². The molecule has 1 aliphatic rings. The lowest BCUT2D eigenvalue weighted by molar-refractivity contribution is 0.416. The van der Waals surface area contributed by atoms with E-state index in [9.17, 15) is 0 Å². The molecule has 0 saturated carbocycles. The number of aromatic nitrogens is 2. The summed E-state index contributed by atoms with van der Waals surface area (Å²) in [5.74, 6) is 2.37. The van der Waals surface area contributed by atoms with Gasteiger partial charge in [-0.15, -0.1) is 0 Å². The SMILES string of the molecule is COc1ccccc1NC(N)=NCC1CCCN(c2ncccn2)C1. The minimum absolute atomic E-state index is 0.401. The summed E-state index contributed by atoms with van der Waals surface area (Å²) in [4.78, 5) is 15.4. The number of para-hydroxylation sites is 2. The van der Waals surface area contributed by atoms with Crippen LogP contribution in [0.2, 0.25) is 0 Å². The zero-order valence-corrected chi connectivity index (χ0v) is 14.4. The van der Waals surface area contributed by atoms with Crippen LogP contribution >= 0.6 is 0 Å². The van der Waals surface area contributed by atoms with Crippen LogP contribution < -0.4 is 20.7 Å². The summed E-state index contributed by atoms with van der Waals surface area (Å²) in [6, 6.07) is 9.47. The maximum atomic E-state index is 6.04. The maximum absolute atomic E-state index is 6.04. The maximum Gasteiger partial charge on any atom is 0.225 e. The van der Waals surface area contributed by atoms with Crippen LogP contribution in [0.3, 0.4) is 0 Å². The molecule has 0 spiro atoms. The van der Waals surface area contributed by atoms with Crippen LogP contribution in [0.4, 0.5) is 11.6 Å². The summed E-state index contributed by atoms with van der Waals surface area (Å²) < 4.78 is 5.31. The predicted molar refractivity (Wildman–Crippen MR) is 100 cm³/mol. The number of aliphatic imine (C=N–C) groups is 1. The van der Waals surface area contributed by atoms with Gasteiger partial charge in [-0.3, -0.25) is 4.99 Å². The van der Waals surface area contributed by atoms with Crippen molar-refractivity contribution in [1.29, 1.82) is 0 Å². The van der Waals surface area contributed by atoms with E-state index in [0.29, 0.717) is 18.4 Å². The Balaban J connectivity index is 1.57. The summed E-state index contributed by atoms with van der Waals surface area (Å²) in [5, 5.41) is 3.11. The molecule has 7 nitrogen and oxygen atoms in total. The van der Waals surface area contributed by atoms with E-state index in [2.05, 4.69) is 25.2 Å². The predicted octanol–water partition coefficient (Wildman–Crippen LogP) is 2.13. The topological polar surface area (TPSA) is 88.7 Å². The van der Waals surface area contributed by atoms with Gasteiger partial charge in [0.15, 0.2) is 5.96 Å². The molecule has 0 bridgehead atoms. The minimum Gasteiger partial charge on any atom is -0.495 e. The number of ether oxygens (including phenoxy) is 1. The fourth-order valence-corrected chi connectivity index (χ4v) is 3.00. The number of benzene rings is 1. The Morgan fingerprint density at radius 2 is 2.12 bits per heavy atom. The molecule has 132 valence electrons. The van der Waals surface area contributed by atoms with Gasteiger partial charge in [0, 0.05) is 32.0 Å². The second-order valence-corrected chi connectivity index (χ2v) is 6.05. The standard InChI is InChI=1S/C18H24N6O/c1-25-16-8-3-2-7-15(16)23-17(19)22-12-14-6-4-11-24(13-14)18-20-9-5-10-21-18/h2-3,5,7-10,14H,4,6,11-13H2,1H3,(H3,19,22,23). The highest BCUT2D eigenvalue weighted by molar-refractivity contribution is 5.93. The molecule has 3 N–H and O–H groups in total. The Labute approximate surface area is 147 Å². The molecule has 2 heterocycles. The number of anilines is 2. The highest BCUT2D eigenvalue weighted by Crippen LogP contribution is 2.23. The summed E-state index contributed by atoms with van der Waals surface area (Å²) in [7, 11) is 1.64. The van der Waals surface area contributed by atoms with Crippen molar-refractivity contribution < 1.29 is 4.74 Å². The molecule has 1 aromatic heterocycles. The van der Waals surface area contributed by atoms with Crippen molar-refractivity contribution >= 4 is 17.6 Å². The van der Waals surface area contributed by atoms with Crippen molar-refractivity contribution in [3.05, 3.63) is 42.7 Å². The average molecular weight is 340 g/mol. The lowest BCUT2D eigenvalue weighted by atomic mass is 9.98. The average Bonchev–Trinajstić information content (AvgIpc) is 2.68. The molecule has 1 aliphatic heterocycles. The summed E-state index contributed by atoms with van der Waals surface area (Å²) in [6.07, 6.45) is 5.80. The van der Waals surface area contributed by atoms with E-state index in [1.807, 2.05) is 30.3 Å². The van der Waals surface area contributed by atoms with Gasteiger partial charge in [-0.25, -0.2) is 9.97 Å². The molecule has 1 unspecified atom stereocenters. The molecule has 1 saturated heterocycles. The number of methoxy groups -OCH3 is 1. The largest absolute Gasteiger partial charge is 0.495 e. The molecule has 7 heteroatoms. The van der Waals surface area contributed by atoms with Gasteiger partial charge in [0.25, 0.3) is 0 Å². The monoisotopic (exact) mass is 340 g/mol. The Morgan fingerprint density at radius 1 is 1.32 bits per heavy atom. The van der Waals surface area contributed by atoms with Crippen molar-refractivity contribution in [3.8, 4) is 5.75 Å². The van der Waals surface area contributed by atoms with Gasteiger partial charge in [0.2, 0.25) is 5.95 Å². The number of nitrogens with one attached hydrogen (secondary N) is 1. The molecule has 1 aromatic carbocycles. The number of nitrogens with two attached hydrogens (primary N) is 1. The molecule has 3 rings (SSSR count). The Morgan fingerprint density at radius 3 is 2.92 bits per heavy atom. The number of piperidine rings is 1. The van der Waals surface area contributed by atoms with Gasteiger partial charge >= 0.3 is 0 Å². The third kappa shape index (κ3) is 4.59. The van der Waals surface area contributed by atoms with Crippen molar-refractivity contribution in [1.82, 2.24) is 9.97 Å². The molecule has 0 amide bonds. The van der Waals surface area contributed by atoms with Crippen LogP contribution in [0.25, 0.3) is 0 Å². The fraction of sp³-hybridized carbons (Fsp3) is 0.389. The summed E-state index contributed by atoms with van der Waals surface area (Å²) in [5.41, 5.74) is 6.85. The molecule has 1 atom stereocenters. The fourth-order valence-electron chi connectivity index (χ4n) is 3.00. The van der Waals surface area contributed by atoms with Gasteiger partial charge in [0.05, 0.1) is 12.8 Å². The van der Waals surface area contributed by atoms with E-state index in [4.69, 9.17) is 10.5 Å². The summed E-state index contributed by atoms with van der Waals surface area (Å²) in [6.45, 7) is 2.56. The van der Waals surface area contributed by atoms with Crippen molar-refractivity contribution in [3.63, 3.8) is 0 Å². The van der Waals surface area contributed by atoms with Crippen LogP contribution in [0.1, 0.15) is 12.8 Å². The molecule has 2 aromatic rings. The number of rotatable bonds is 5. The third-order valence-electron chi connectivity index (χ3n) is 4.24. The number of nitrogens with zero attached hydrogens (tertiary/aromatic N) is 4. The Kier molecular flexibility index (Phi) is 5.66. The number of guanidine groups is 1. The Bertz CT molecular complexity index is 706. The molecule has 0 aliphatic carbocycles. The van der Waals surface area contributed by atoms with Crippen LogP contribution in [-0.2, 0) is 0 Å². The normalized spacial score (nSPS) is 18.0. The third-order valence-corrected chi connectivity index (χ3v) is 4.24. The molecular weight excluding hydrogens is 316 g/mol. The lowest BCUT2D eigenvalue weighted by Gasteiger charge is -2.31. The van der Waals surface area contributed by atoms with Crippen LogP contribution in [0.15, 0.2) is 47.7 Å². The highest BCUT2D eigenvalue weighted by atomic mass is 16.5. The first kappa shape index (κ1) is 17.0. The zero-order chi connectivity index (χ0) is 17.5. The first-order valence-corrected chi connectivity index (χ1v) is 8.48. The zero-order valence-electron chi connectivity index (χ0n) is 14.4. The summed E-state index contributed by atoms with van der Waals surface area (Å²) >= 11 is 0.